The van der Waals surface area contributed by atoms with Gasteiger partial charge in [0.25, 0.3) is 0 Å². The van der Waals surface area contributed by atoms with Crippen LogP contribution in [0.5, 0.6) is 0 Å². The highest BCUT2D eigenvalue weighted by Gasteiger charge is 2.01. The molecule has 2 rings (SSSR count). The first kappa shape index (κ1) is 12.3. The molecule has 0 saturated carbocycles. The van der Waals surface area contributed by atoms with Crippen molar-refractivity contribution in [2.45, 2.75) is 26.3 Å². The maximum absolute atomic E-state index is 5.78. The number of nitrogens with two attached hydrogens (primary N) is 1. The van der Waals surface area contributed by atoms with Gasteiger partial charge in [-0.05, 0) is 12.5 Å². The number of unbranched alkanes of at least 4 members (excludes halogenated alkanes) is 1. The van der Waals surface area contributed by atoms with E-state index < -0.39 is 0 Å². The summed E-state index contributed by atoms with van der Waals surface area (Å²) in [6.07, 6.45) is 5.70. The van der Waals surface area contributed by atoms with Crippen LogP contribution in [-0.2, 0) is 6.54 Å². The molecule has 0 saturated heterocycles. The zero-order valence-electron chi connectivity index (χ0n) is 10.5. The third kappa shape index (κ3) is 2.97. The van der Waals surface area contributed by atoms with Crippen molar-refractivity contribution in [1.29, 1.82) is 0 Å². The summed E-state index contributed by atoms with van der Waals surface area (Å²) in [5.74, 6) is 0.473. The molecule has 0 radical (unpaired) electrons. The number of aliphatic imine (C=N–C) groups is 1. The lowest BCUT2D eigenvalue weighted by Crippen LogP contribution is -2.32. The molecule has 2 aromatic rings. The Morgan fingerprint density at radius 1 is 1.44 bits per heavy atom. The number of hydrogen-bond acceptors (Lipinski definition) is 3. The predicted molar refractivity (Wildman–Crippen MR) is 71.2 cm³/mol. The molecule has 2 heterocycles. The number of fused-ring (bicyclic) bond motifs is 1. The second-order valence-corrected chi connectivity index (χ2v) is 4.02. The van der Waals surface area contributed by atoms with E-state index >= 15 is 0 Å². The molecule has 6 nitrogen and oxygen atoms in total. The highest BCUT2D eigenvalue weighted by atomic mass is 15.3. The van der Waals surface area contributed by atoms with Crippen molar-refractivity contribution in [3.8, 4) is 0 Å². The molecule has 0 amide bonds. The molecule has 0 unspecified atom stereocenters. The van der Waals surface area contributed by atoms with Crippen molar-refractivity contribution in [1.82, 2.24) is 19.9 Å². The summed E-state index contributed by atoms with van der Waals surface area (Å²) in [6, 6.07) is 3.75. The molecule has 0 bridgehead atoms. The lowest BCUT2D eigenvalue weighted by molar-refractivity contribution is 0.745. The van der Waals surface area contributed by atoms with Crippen LogP contribution < -0.4 is 11.1 Å². The number of aromatic nitrogens is 3. The average Bonchev–Trinajstić information content (AvgIpc) is 2.85. The van der Waals surface area contributed by atoms with E-state index in [0.717, 1.165) is 30.7 Å². The zero-order chi connectivity index (χ0) is 12.8. The summed E-state index contributed by atoms with van der Waals surface area (Å²) in [7, 11) is 0. The molecule has 3 N–H and O–H groups in total. The van der Waals surface area contributed by atoms with Crippen molar-refractivity contribution in [2.24, 2.45) is 10.7 Å². The Kier molecular flexibility index (Phi) is 4.11. The molecule has 0 spiro atoms. The van der Waals surface area contributed by atoms with Crippen LogP contribution in [0.15, 0.2) is 29.5 Å². The van der Waals surface area contributed by atoms with Gasteiger partial charge in [-0.3, -0.25) is 0 Å². The fourth-order valence-corrected chi connectivity index (χ4v) is 1.62. The third-order valence-corrected chi connectivity index (χ3v) is 2.62. The molecule has 0 aliphatic heterocycles. The van der Waals surface area contributed by atoms with Crippen molar-refractivity contribution in [3.05, 3.63) is 30.2 Å². The van der Waals surface area contributed by atoms with Gasteiger partial charge in [-0.1, -0.05) is 13.3 Å². The lowest BCUT2D eigenvalue weighted by Gasteiger charge is -2.05. The summed E-state index contributed by atoms with van der Waals surface area (Å²) >= 11 is 0. The fourth-order valence-electron chi connectivity index (χ4n) is 1.62. The second-order valence-electron chi connectivity index (χ2n) is 4.02. The van der Waals surface area contributed by atoms with E-state index in [1.165, 1.54) is 0 Å². The molecule has 0 fully saturated rings. The average molecular weight is 246 g/mol. The van der Waals surface area contributed by atoms with Gasteiger partial charge in [0.1, 0.15) is 0 Å². The molecule has 0 atom stereocenters. The molecule has 6 heteroatoms. The maximum Gasteiger partial charge on any atom is 0.188 e. The smallest absolute Gasteiger partial charge is 0.188 e. The first-order valence-electron chi connectivity index (χ1n) is 6.12. The van der Waals surface area contributed by atoms with Crippen LogP contribution in [0, 0.1) is 0 Å². The number of nitrogens with zero attached hydrogens (tertiary/aromatic N) is 4. The molecule has 96 valence electrons. The van der Waals surface area contributed by atoms with Crippen molar-refractivity contribution >= 4 is 11.6 Å². The quantitative estimate of drug-likeness (QED) is 0.467. The topological polar surface area (TPSA) is 80.6 Å². The molecule has 0 aliphatic carbocycles. The molecule has 18 heavy (non-hydrogen) atoms. The molecular formula is C12H18N6. The monoisotopic (exact) mass is 246 g/mol. The normalized spacial score (nSPS) is 11.9. The van der Waals surface area contributed by atoms with Gasteiger partial charge < -0.3 is 11.1 Å². The van der Waals surface area contributed by atoms with Crippen LogP contribution in [0.3, 0.4) is 0 Å². The van der Waals surface area contributed by atoms with E-state index in [9.17, 15) is 0 Å². The summed E-state index contributed by atoms with van der Waals surface area (Å²) in [6.45, 7) is 3.49. The minimum Gasteiger partial charge on any atom is -0.370 e. The van der Waals surface area contributed by atoms with E-state index in [1.807, 2.05) is 12.1 Å². The summed E-state index contributed by atoms with van der Waals surface area (Å²) < 4.78 is 1.77. The number of guanidine groups is 1. The van der Waals surface area contributed by atoms with Crippen LogP contribution >= 0.6 is 0 Å². The second kappa shape index (κ2) is 6.00. The van der Waals surface area contributed by atoms with E-state index in [2.05, 4.69) is 27.3 Å². The standard InChI is InChI=1S/C12H18N6/c1-2-3-6-15-12(13)16-9-10-4-7-14-11-5-8-17-18(10)11/h4-5,7-8H,2-3,6,9H2,1H3,(H3,13,15,16). The van der Waals surface area contributed by atoms with Gasteiger partial charge >= 0.3 is 0 Å². The number of nitrogens with one attached hydrogen (secondary N) is 1. The molecule has 0 aromatic carbocycles. The Labute approximate surface area is 106 Å². The predicted octanol–water partition coefficient (Wildman–Crippen LogP) is 0.934. The van der Waals surface area contributed by atoms with Gasteiger partial charge in [-0.25, -0.2) is 14.5 Å². The van der Waals surface area contributed by atoms with Gasteiger partial charge in [-0.2, -0.15) is 5.10 Å². The Morgan fingerprint density at radius 3 is 3.17 bits per heavy atom. The largest absolute Gasteiger partial charge is 0.370 e. The van der Waals surface area contributed by atoms with E-state index in [1.54, 1.807) is 16.9 Å². The number of hydrogen-bond donors (Lipinski definition) is 2. The van der Waals surface area contributed by atoms with Crippen molar-refractivity contribution in [2.75, 3.05) is 6.54 Å². The van der Waals surface area contributed by atoms with Gasteiger partial charge in [0.05, 0.1) is 18.4 Å². The van der Waals surface area contributed by atoms with Crippen LogP contribution in [0.4, 0.5) is 0 Å². The van der Waals surface area contributed by atoms with Crippen LogP contribution in [0.1, 0.15) is 25.5 Å². The fraction of sp³-hybridized carbons (Fsp3) is 0.417. The van der Waals surface area contributed by atoms with Gasteiger partial charge in [0, 0.05) is 18.8 Å². The Bertz CT molecular complexity index is 530. The van der Waals surface area contributed by atoms with Crippen LogP contribution in [0.25, 0.3) is 5.65 Å². The van der Waals surface area contributed by atoms with E-state index in [0.29, 0.717) is 12.5 Å². The molecular weight excluding hydrogens is 228 g/mol. The Morgan fingerprint density at radius 2 is 2.33 bits per heavy atom. The SMILES string of the molecule is CCCCNC(N)=NCc1ccnc2ccnn12. The van der Waals surface area contributed by atoms with Crippen molar-refractivity contribution < 1.29 is 0 Å². The van der Waals surface area contributed by atoms with E-state index in [-0.39, 0.29) is 0 Å². The van der Waals surface area contributed by atoms with Gasteiger partial charge in [0.2, 0.25) is 0 Å². The van der Waals surface area contributed by atoms with Crippen LogP contribution in [-0.4, -0.2) is 27.1 Å². The minimum absolute atomic E-state index is 0.473. The highest BCUT2D eigenvalue weighted by Crippen LogP contribution is 2.04. The first-order chi connectivity index (χ1) is 8.81. The minimum atomic E-state index is 0.473. The highest BCUT2D eigenvalue weighted by molar-refractivity contribution is 5.77. The summed E-state index contributed by atoms with van der Waals surface area (Å²) in [5.41, 5.74) is 7.56. The van der Waals surface area contributed by atoms with Gasteiger partial charge in [-0.15, -0.1) is 0 Å². The molecule has 2 aromatic heterocycles. The van der Waals surface area contributed by atoms with Crippen LogP contribution in [0.2, 0.25) is 0 Å². The van der Waals surface area contributed by atoms with Crippen molar-refractivity contribution in [3.63, 3.8) is 0 Å². The summed E-state index contributed by atoms with van der Waals surface area (Å²) in [4.78, 5) is 8.49. The zero-order valence-corrected chi connectivity index (χ0v) is 10.5. The van der Waals surface area contributed by atoms with Gasteiger partial charge in [0.15, 0.2) is 11.6 Å². The lowest BCUT2D eigenvalue weighted by atomic mass is 10.3. The summed E-state index contributed by atoms with van der Waals surface area (Å²) in [5, 5.41) is 7.27. The molecule has 0 aliphatic rings. The maximum atomic E-state index is 5.78. The first-order valence-corrected chi connectivity index (χ1v) is 6.12. The third-order valence-electron chi connectivity index (χ3n) is 2.62. The number of rotatable bonds is 5. The van der Waals surface area contributed by atoms with E-state index in [4.69, 9.17) is 5.73 Å². The Balaban J connectivity index is 2.01. The Hall–Kier alpha value is -2.11.